The van der Waals surface area contributed by atoms with Gasteiger partial charge in [0.15, 0.2) is 0 Å². The van der Waals surface area contributed by atoms with Crippen molar-refractivity contribution in [2.45, 2.75) is 6.42 Å². The number of rotatable bonds is 1. The number of amides is 1. The quantitative estimate of drug-likeness (QED) is 0.827. The van der Waals surface area contributed by atoms with Crippen molar-refractivity contribution in [3.63, 3.8) is 0 Å². The second kappa shape index (κ2) is 4.10. The molecule has 2 aromatic rings. The highest BCUT2D eigenvalue weighted by molar-refractivity contribution is 6.16. The fourth-order valence-corrected chi connectivity index (χ4v) is 1.93. The molecule has 0 spiro atoms. The number of anilines is 1. The van der Waals surface area contributed by atoms with Gasteiger partial charge in [-0.1, -0.05) is 12.1 Å². The van der Waals surface area contributed by atoms with Crippen LogP contribution in [0.15, 0.2) is 41.5 Å². The van der Waals surface area contributed by atoms with Gasteiger partial charge in [0, 0.05) is 13.2 Å². The highest BCUT2D eigenvalue weighted by atomic mass is 16.1. The van der Waals surface area contributed by atoms with Gasteiger partial charge in [0.2, 0.25) is 5.91 Å². The maximum Gasteiger partial charge on any atom is 0.230 e. The molecule has 1 N–H and O–H groups in total. The largest absolute Gasteiger partial charge is 0.324 e. The minimum Gasteiger partial charge on any atom is -0.324 e. The van der Waals surface area contributed by atoms with Gasteiger partial charge in [0.05, 0.1) is 23.5 Å². The van der Waals surface area contributed by atoms with Crippen molar-refractivity contribution >= 4 is 23.0 Å². The number of carbonyl (C=O) groups is 1. The lowest BCUT2D eigenvalue weighted by atomic mass is 10.2. The minimum atomic E-state index is -0.0654. The first-order valence-corrected chi connectivity index (χ1v) is 5.69. The van der Waals surface area contributed by atoms with E-state index in [4.69, 9.17) is 0 Å². The summed E-state index contributed by atoms with van der Waals surface area (Å²) in [7, 11) is 1.84. The van der Waals surface area contributed by atoms with E-state index in [0.29, 0.717) is 5.71 Å². The second-order valence-corrected chi connectivity index (χ2v) is 4.18. The number of aliphatic imine (C=N–C) groups is 1. The van der Waals surface area contributed by atoms with Crippen LogP contribution >= 0.6 is 0 Å². The Labute approximate surface area is 104 Å². The zero-order chi connectivity index (χ0) is 12.5. The molecule has 0 saturated heterocycles. The molecule has 1 aliphatic heterocycles. The third kappa shape index (κ3) is 1.90. The molecule has 0 atom stereocenters. The summed E-state index contributed by atoms with van der Waals surface area (Å²) in [5.41, 5.74) is 2.94. The number of aryl methyl sites for hydroxylation is 1. The average Bonchev–Trinajstić information content (AvgIpc) is 2.70. The number of fused-ring (bicyclic) bond motifs is 1. The summed E-state index contributed by atoms with van der Waals surface area (Å²) in [6.07, 6.45) is 2.08. The van der Waals surface area contributed by atoms with Crippen molar-refractivity contribution in [2.75, 3.05) is 5.32 Å². The number of hydrogen-bond donors (Lipinski definition) is 1. The van der Waals surface area contributed by atoms with Gasteiger partial charge in [-0.15, -0.1) is 0 Å². The lowest BCUT2D eigenvalue weighted by Crippen LogP contribution is -2.15. The summed E-state index contributed by atoms with van der Waals surface area (Å²) < 4.78 is 1.70. The van der Waals surface area contributed by atoms with Crippen LogP contribution in [0.2, 0.25) is 0 Å². The molecule has 90 valence electrons. The normalized spacial score (nSPS) is 14.5. The van der Waals surface area contributed by atoms with Gasteiger partial charge in [0.25, 0.3) is 0 Å². The molecule has 0 bridgehead atoms. The molecule has 0 fully saturated rings. The molecular formula is C13H12N4O. The van der Waals surface area contributed by atoms with Gasteiger partial charge in [0.1, 0.15) is 5.69 Å². The number of hydrogen-bond acceptors (Lipinski definition) is 3. The van der Waals surface area contributed by atoms with E-state index in [9.17, 15) is 4.79 Å². The Bertz CT molecular complexity index is 642. The Morgan fingerprint density at radius 1 is 1.28 bits per heavy atom. The Hall–Kier alpha value is -2.43. The van der Waals surface area contributed by atoms with Gasteiger partial charge in [-0.05, 0) is 18.2 Å². The molecule has 0 radical (unpaired) electrons. The van der Waals surface area contributed by atoms with E-state index in [-0.39, 0.29) is 12.3 Å². The van der Waals surface area contributed by atoms with Crippen molar-refractivity contribution in [1.29, 1.82) is 0 Å². The SMILES string of the molecule is Cn1ccc(C2=Nc3ccccc3NC(=O)C2)n1. The third-order valence-electron chi connectivity index (χ3n) is 2.77. The van der Waals surface area contributed by atoms with Crippen LogP contribution in [0.25, 0.3) is 0 Å². The predicted octanol–water partition coefficient (Wildman–Crippen LogP) is 1.88. The van der Waals surface area contributed by atoms with Gasteiger partial charge >= 0.3 is 0 Å². The molecule has 1 amide bonds. The van der Waals surface area contributed by atoms with Crippen molar-refractivity contribution in [3.05, 3.63) is 42.2 Å². The first-order valence-electron chi connectivity index (χ1n) is 5.69. The molecule has 0 saturated carbocycles. The zero-order valence-electron chi connectivity index (χ0n) is 9.92. The van der Waals surface area contributed by atoms with E-state index in [1.165, 1.54) is 0 Å². The van der Waals surface area contributed by atoms with Crippen LogP contribution in [0, 0.1) is 0 Å². The summed E-state index contributed by atoms with van der Waals surface area (Å²) in [6.45, 7) is 0. The number of benzene rings is 1. The molecule has 1 aromatic heterocycles. The number of carbonyl (C=O) groups excluding carboxylic acids is 1. The fourth-order valence-electron chi connectivity index (χ4n) is 1.93. The van der Waals surface area contributed by atoms with Crippen molar-refractivity contribution < 1.29 is 4.79 Å². The molecule has 5 nitrogen and oxygen atoms in total. The summed E-state index contributed by atoms with van der Waals surface area (Å²) in [5, 5.41) is 7.13. The smallest absolute Gasteiger partial charge is 0.230 e. The molecule has 0 unspecified atom stereocenters. The predicted molar refractivity (Wildman–Crippen MR) is 69.1 cm³/mol. The van der Waals surface area contributed by atoms with E-state index in [1.807, 2.05) is 43.6 Å². The third-order valence-corrected chi connectivity index (χ3v) is 2.77. The van der Waals surface area contributed by atoms with Crippen molar-refractivity contribution in [2.24, 2.45) is 12.0 Å². The van der Waals surface area contributed by atoms with Crippen molar-refractivity contribution in [1.82, 2.24) is 9.78 Å². The lowest BCUT2D eigenvalue weighted by Gasteiger charge is -2.02. The Morgan fingerprint density at radius 3 is 2.89 bits per heavy atom. The standard InChI is InChI=1S/C13H12N4O/c1-17-7-6-11(16-17)12-8-13(18)15-10-5-3-2-4-9(10)14-12/h2-7H,8H2,1H3,(H,15,18). The Morgan fingerprint density at radius 2 is 2.11 bits per heavy atom. The maximum absolute atomic E-state index is 11.8. The molecule has 1 aliphatic rings. The number of aromatic nitrogens is 2. The van der Waals surface area contributed by atoms with Crippen LogP contribution in [-0.2, 0) is 11.8 Å². The second-order valence-electron chi connectivity index (χ2n) is 4.18. The van der Waals surface area contributed by atoms with Crippen LogP contribution in [0.5, 0.6) is 0 Å². The van der Waals surface area contributed by atoms with Crippen LogP contribution in [-0.4, -0.2) is 21.4 Å². The van der Waals surface area contributed by atoms with Gasteiger partial charge in [-0.25, -0.2) is 4.99 Å². The fraction of sp³-hybridized carbons (Fsp3) is 0.154. The maximum atomic E-state index is 11.8. The number of para-hydroxylation sites is 2. The molecule has 5 heteroatoms. The van der Waals surface area contributed by atoms with E-state index in [0.717, 1.165) is 17.1 Å². The topological polar surface area (TPSA) is 59.3 Å². The van der Waals surface area contributed by atoms with Crippen molar-refractivity contribution in [3.8, 4) is 0 Å². The van der Waals surface area contributed by atoms with E-state index < -0.39 is 0 Å². The Balaban J connectivity index is 2.10. The highest BCUT2D eigenvalue weighted by Crippen LogP contribution is 2.28. The minimum absolute atomic E-state index is 0.0654. The molecule has 18 heavy (non-hydrogen) atoms. The van der Waals surface area contributed by atoms with E-state index in [2.05, 4.69) is 15.4 Å². The Kier molecular flexibility index (Phi) is 2.44. The summed E-state index contributed by atoms with van der Waals surface area (Å²) in [5.74, 6) is -0.0654. The zero-order valence-corrected chi connectivity index (χ0v) is 9.92. The van der Waals surface area contributed by atoms with E-state index >= 15 is 0 Å². The molecule has 2 heterocycles. The highest BCUT2D eigenvalue weighted by Gasteiger charge is 2.18. The number of nitrogens with one attached hydrogen (secondary N) is 1. The van der Waals surface area contributed by atoms with Gasteiger partial charge in [-0.3, -0.25) is 9.48 Å². The molecule has 1 aromatic carbocycles. The molecular weight excluding hydrogens is 228 g/mol. The van der Waals surface area contributed by atoms with E-state index in [1.54, 1.807) is 4.68 Å². The average molecular weight is 240 g/mol. The molecule has 0 aliphatic carbocycles. The monoisotopic (exact) mass is 240 g/mol. The number of nitrogens with zero attached hydrogens (tertiary/aromatic N) is 3. The van der Waals surface area contributed by atoms with Crippen LogP contribution in [0.4, 0.5) is 11.4 Å². The lowest BCUT2D eigenvalue weighted by molar-refractivity contribution is -0.115. The summed E-state index contributed by atoms with van der Waals surface area (Å²) in [4.78, 5) is 16.3. The van der Waals surface area contributed by atoms with Gasteiger partial charge < -0.3 is 5.32 Å². The van der Waals surface area contributed by atoms with Crippen LogP contribution in [0.3, 0.4) is 0 Å². The molecule has 3 rings (SSSR count). The van der Waals surface area contributed by atoms with Crippen LogP contribution in [0.1, 0.15) is 12.1 Å². The first-order chi connectivity index (χ1) is 8.72. The van der Waals surface area contributed by atoms with Gasteiger partial charge in [-0.2, -0.15) is 5.10 Å². The van der Waals surface area contributed by atoms with Crippen LogP contribution < -0.4 is 5.32 Å². The summed E-state index contributed by atoms with van der Waals surface area (Å²) >= 11 is 0. The summed E-state index contributed by atoms with van der Waals surface area (Å²) in [6, 6.07) is 9.36. The first kappa shape index (κ1) is 10.7.